The molecule has 0 fully saturated rings. The van der Waals surface area contributed by atoms with Gasteiger partial charge in [0.2, 0.25) is 11.9 Å². The Hall–Kier alpha value is -1.56. The molecule has 17 heavy (non-hydrogen) atoms. The summed E-state index contributed by atoms with van der Waals surface area (Å²) in [6.45, 7) is 4.79. The molecule has 0 spiro atoms. The Bertz CT molecular complexity index is 396. The van der Waals surface area contributed by atoms with Crippen LogP contribution in [0.3, 0.4) is 0 Å². The number of anilines is 2. The lowest BCUT2D eigenvalue weighted by atomic mass is 10.2. The van der Waals surface area contributed by atoms with E-state index in [4.69, 9.17) is 17.3 Å². The van der Waals surface area contributed by atoms with Gasteiger partial charge in [0.1, 0.15) is 5.02 Å². The highest BCUT2D eigenvalue weighted by atomic mass is 35.5. The number of nitrogen functional groups attached to an aromatic ring is 1. The maximum atomic E-state index is 11.4. The Morgan fingerprint density at radius 3 is 2.94 bits per heavy atom. The third-order valence-electron chi connectivity index (χ3n) is 1.89. The predicted molar refractivity (Wildman–Crippen MR) is 67.8 cm³/mol. The summed E-state index contributed by atoms with van der Waals surface area (Å²) in [4.78, 5) is 19.0. The minimum atomic E-state index is -0.119. The first-order valence-electron chi connectivity index (χ1n) is 5.27. The number of amides is 1. The minimum absolute atomic E-state index is 0.100. The van der Waals surface area contributed by atoms with E-state index in [0.29, 0.717) is 23.3 Å². The van der Waals surface area contributed by atoms with Crippen LogP contribution in [0.25, 0.3) is 0 Å². The lowest BCUT2D eigenvalue weighted by Gasteiger charge is -2.09. The molecule has 0 saturated heterocycles. The molecule has 1 rings (SSSR count). The number of nitrogens with one attached hydrogen (secondary N) is 2. The van der Waals surface area contributed by atoms with Crippen molar-refractivity contribution in [1.82, 2.24) is 15.3 Å². The van der Waals surface area contributed by atoms with Gasteiger partial charge in [-0.2, -0.15) is 4.98 Å². The summed E-state index contributed by atoms with van der Waals surface area (Å²) < 4.78 is 0. The number of nitrogens with two attached hydrogens (primary N) is 1. The van der Waals surface area contributed by atoms with Crippen LogP contribution in [0.1, 0.15) is 13.8 Å². The number of hydrogen-bond acceptors (Lipinski definition) is 5. The number of hydrogen-bond donors (Lipinski definition) is 3. The molecule has 0 aliphatic heterocycles. The molecule has 94 valence electrons. The van der Waals surface area contributed by atoms with Crippen LogP contribution in [0.2, 0.25) is 5.02 Å². The van der Waals surface area contributed by atoms with Gasteiger partial charge < -0.3 is 16.4 Å². The lowest BCUT2D eigenvalue weighted by molar-refractivity contribution is -0.119. The van der Waals surface area contributed by atoms with Gasteiger partial charge in [0.15, 0.2) is 5.82 Å². The molecule has 0 radical (unpaired) electrons. The molecule has 0 aromatic carbocycles. The fourth-order valence-electron chi connectivity index (χ4n) is 1.05. The Kier molecular flexibility index (Phi) is 4.96. The second-order valence-corrected chi connectivity index (χ2v) is 4.38. The van der Waals surface area contributed by atoms with Crippen LogP contribution in [-0.4, -0.2) is 29.0 Å². The van der Waals surface area contributed by atoms with Gasteiger partial charge in [0, 0.05) is 6.54 Å². The fourth-order valence-corrected chi connectivity index (χ4v) is 1.21. The first-order chi connectivity index (χ1) is 7.99. The van der Waals surface area contributed by atoms with E-state index < -0.39 is 0 Å². The normalized spacial score (nSPS) is 10.4. The average molecular weight is 258 g/mol. The van der Waals surface area contributed by atoms with Gasteiger partial charge in [-0.1, -0.05) is 25.4 Å². The number of carbonyl (C=O) groups excluding carboxylic acids is 1. The van der Waals surface area contributed by atoms with Gasteiger partial charge in [-0.25, -0.2) is 4.98 Å². The fraction of sp³-hybridized carbons (Fsp3) is 0.500. The van der Waals surface area contributed by atoms with Crippen LogP contribution in [0.5, 0.6) is 0 Å². The van der Waals surface area contributed by atoms with E-state index in [1.54, 1.807) is 0 Å². The van der Waals surface area contributed by atoms with Crippen LogP contribution in [0, 0.1) is 5.92 Å². The second kappa shape index (κ2) is 6.24. The molecule has 0 aliphatic rings. The molecular formula is C10H16ClN5O. The van der Waals surface area contributed by atoms with E-state index in [2.05, 4.69) is 20.6 Å². The standard InChI is InChI=1S/C10H16ClN5O/c1-6(2)3-13-8(17)5-14-9-7(11)4-15-10(12)16-9/h4,6H,3,5H2,1-2H3,(H,13,17)(H3,12,14,15,16). The van der Waals surface area contributed by atoms with Crippen molar-refractivity contribution in [3.8, 4) is 0 Å². The van der Waals surface area contributed by atoms with Gasteiger partial charge in [-0.15, -0.1) is 0 Å². The summed E-state index contributed by atoms with van der Waals surface area (Å²) in [5.74, 6) is 0.766. The van der Waals surface area contributed by atoms with Crippen LogP contribution in [0.15, 0.2) is 6.20 Å². The summed E-state index contributed by atoms with van der Waals surface area (Å²) >= 11 is 5.83. The predicted octanol–water partition coefficient (Wildman–Crippen LogP) is 0.896. The van der Waals surface area contributed by atoms with E-state index in [1.165, 1.54) is 6.20 Å². The highest BCUT2D eigenvalue weighted by Crippen LogP contribution is 2.17. The van der Waals surface area contributed by atoms with Crippen LogP contribution in [-0.2, 0) is 4.79 Å². The van der Waals surface area contributed by atoms with E-state index in [0.717, 1.165) is 0 Å². The number of nitrogens with zero attached hydrogens (tertiary/aromatic N) is 2. The van der Waals surface area contributed by atoms with E-state index in [9.17, 15) is 4.79 Å². The van der Waals surface area contributed by atoms with Gasteiger partial charge in [0.05, 0.1) is 12.7 Å². The molecule has 0 aliphatic carbocycles. The Balaban J connectivity index is 2.44. The summed E-state index contributed by atoms with van der Waals surface area (Å²) in [5, 5.41) is 5.90. The smallest absolute Gasteiger partial charge is 0.239 e. The lowest BCUT2D eigenvalue weighted by Crippen LogP contribution is -2.32. The second-order valence-electron chi connectivity index (χ2n) is 3.98. The molecule has 0 atom stereocenters. The average Bonchev–Trinajstić information content (AvgIpc) is 2.27. The molecule has 0 bridgehead atoms. The summed E-state index contributed by atoms with van der Waals surface area (Å²) in [7, 11) is 0. The van der Waals surface area contributed by atoms with E-state index in [1.807, 2.05) is 13.8 Å². The van der Waals surface area contributed by atoms with Gasteiger partial charge in [-0.3, -0.25) is 4.79 Å². The Morgan fingerprint density at radius 1 is 1.59 bits per heavy atom. The molecule has 4 N–H and O–H groups in total. The zero-order valence-electron chi connectivity index (χ0n) is 9.83. The largest absolute Gasteiger partial charge is 0.368 e. The first-order valence-corrected chi connectivity index (χ1v) is 5.65. The Labute approximate surface area is 105 Å². The molecule has 1 aromatic rings. The number of rotatable bonds is 5. The molecular weight excluding hydrogens is 242 g/mol. The number of carbonyl (C=O) groups is 1. The van der Waals surface area contributed by atoms with Crippen molar-refractivity contribution in [1.29, 1.82) is 0 Å². The number of aromatic nitrogens is 2. The molecule has 1 aromatic heterocycles. The molecule has 7 heteroatoms. The molecule has 0 unspecified atom stereocenters. The van der Waals surface area contributed by atoms with Gasteiger partial charge >= 0.3 is 0 Å². The Morgan fingerprint density at radius 2 is 2.29 bits per heavy atom. The molecule has 0 saturated carbocycles. The topological polar surface area (TPSA) is 92.9 Å². The first kappa shape index (κ1) is 13.5. The quantitative estimate of drug-likeness (QED) is 0.729. The van der Waals surface area contributed by atoms with Crippen molar-refractivity contribution in [2.45, 2.75) is 13.8 Å². The third-order valence-corrected chi connectivity index (χ3v) is 2.16. The van der Waals surface area contributed by atoms with Gasteiger partial charge in [0.25, 0.3) is 0 Å². The molecule has 6 nitrogen and oxygen atoms in total. The van der Waals surface area contributed by atoms with Crippen molar-refractivity contribution < 1.29 is 4.79 Å². The van der Waals surface area contributed by atoms with Crippen molar-refractivity contribution >= 4 is 29.3 Å². The molecule has 1 heterocycles. The highest BCUT2D eigenvalue weighted by molar-refractivity contribution is 6.32. The maximum absolute atomic E-state index is 11.4. The highest BCUT2D eigenvalue weighted by Gasteiger charge is 2.06. The van der Waals surface area contributed by atoms with Crippen molar-refractivity contribution in [3.63, 3.8) is 0 Å². The zero-order valence-corrected chi connectivity index (χ0v) is 10.6. The van der Waals surface area contributed by atoms with Crippen LogP contribution < -0.4 is 16.4 Å². The SMILES string of the molecule is CC(C)CNC(=O)CNc1nc(N)ncc1Cl. The van der Waals surface area contributed by atoms with Crippen LogP contribution >= 0.6 is 11.6 Å². The van der Waals surface area contributed by atoms with E-state index in [-0.39, 0.29) is 18.4 Å². The maximum Gasteiger partial charge on any atom is 0.239 e. The van der Waals surface area contributed by atoms with Crippen LogP contribution in [0.4, 0.5) is 11.8 Å². The van der Waals surface area contributed by atoms with Crippen molar-refractivity contribution in [2.75, 3.05) is 24.1 Å². The van der Waals surface area contributed by atoms with Gasteiger partial charge in [-0.05, 0) is 5.92 Å². The minimum Gasteiger partial charge on any atom is -0.368 e. The summed E-state index contributed by atoms with van der Waals surface area (Å²) in [6.07, 6.45) is 1.39. The third kappa shape index (κ3) is 4.86. The number of halogens is 1. The van der Waals surface area contributed by atoms with Crippen molar-refractivity contribution in [3.05, 3.63) is 11.2 Å². The molecule has 1 amide bonds. The van der Waals surface area contributed by atoms with E-state index >= 15 is 0 Å². The summed E-state index contributed by atoms with van der Waals surface area (Å²) in [5.41, 5.74) is 5.41. The summed E-state index contributed by atoms with van der Waals surface area (Å²) in [6, 6.07) is 0. The van der Waals surface area contributed by atoms with Crippen molar-refractivity contribution in [2.24, 2.45) is 5.92 Å². The zero-order chi connectivity index (χ0) is 12.8. The monoisotopic (exact) mass is 257 g/mol.